The molecule has 3 aromatic heterocycles. The molecule has 0 saturated heterocycles. The minimum absolute atomic E-state index is 0.571. The summed E-state index contributed by atoms with van der Waals surface area (Å²) in [5.41, 5.74) is 3.47. The van der Waals surface area contributed by atoms with E-state index in [0.29, 0.717) is 12.5 Å². The van der Waals surface area contributed by atoms with E-state index in [0.717, 1.165) is 57.8 Å². The van der Waals surface area contributed by atoms with Crippen LogP contribution in [0.2, 0.25) is 0 Å². The van der Waals surface area contributed by atoms with Crippen LogP contribution in [0, 0.1) is 6.92 Å². The highest BCUT2D eigenvalue weighted by atomic mass is 32.1. The first-order valence-corrected chi connectivity index (χ1v) is 9.78. The summed E-state index contributed by atoms with van der Waals surface area (Å²) < 4.78 is 6.10. The quantitative estimate of drug-likeness (QED) is 0.487. The predicted octanol–water partition coefficient (Wildman–Crippen LogP) is 4.14. The number of fused-ring (bicyclic) bond motifs is 1. The number of pyridine rings is 1. The third-order valence-electron chi connectivity index (χ3n) is 4.28. The van der Waals surface area contributed by atoms with E-state index in [1.54, 1.807) is 17.5 Å². The molecule has 0 N–H and O–H groups in total. The smallest absolute Gasteiger partial charge is 0.241 e. The van der Waals surface area contributed by atoms with Gasteiger partial charge in [0.1, 0.15) is 22.2 Å². The minimum Gasteiger partial charge on any atom is -0.419 e. The lowest BCUT2D eigenvalue weighted by Gasteiger charge is -2.21. The van der Waals surface area contributed by atoms with Crippen LogP contribution in [0.15, 0.2) is 34.1 Å². The van der Waals surface area contributed by atoms with Crippen molar-refractivity contribution < 1.29 is 9.25 Å². The molecule has 7 nitrogen and oxygen atoms in total. The summed E-state index contributed by atoms with van der Waals surface area (Å²) in [6.07, 6.45) is 5.27. The molecule has 0 spiro atoms. The Morgan fingerprint density at radius 1 is 1.37 bits per heavy atom. The summed E-state index contributed by atoms with van der Waals surface area (Å²) in [7, 11) is 2.00. The Morgan fingerprint density at radius 2 is 2.26 bits per heavy atom. The lowest BCUT2D eigenvalue weighted by atomic mass is 10.1. The van der Waals surface area contributed by atoms with E-state index in [1.807, 2.05) is 32.3 Å². The van der Waals surface area contributed by atoms with Gasteiger partial charge in [-0.05, 0) is 25.5 Å². The van der Waals surface area contributed by atoms with Gasteiger partial charge in [0.25, 0.3) is 0 Å². The van der Waals surface area contributed by atoms with Gasteiger partial charge in [-0.3, -0.25) is 4.98 Å². The third-order valence-corrected chi connectivity index (χ3v) is 5.48. The van der Waals surface area contributed by atoms with Gasteiger partial charge in [0.15, 0.2) is 5.69 Å². The SMILES string of the molecule is CCCO/N=C1\CCN(C)c2oc(-c3sc(-c4cccnc4)nc3C)nc21. The molecule has 3 aromatic rings. The van der Waals surface area contributed by atoms with E-state index in [1.165, 1.54) is 0 Å². The Bertz CT molecular complexity index is 964. The summed E-state index contributed by atoms with van der Waals surface area (Å²) in [5.74, 6) is 1.30. The van der Waals surface area contributed by atoms with Crippen LogP contribution in [-0.4, -0.2) is 40.9 Å². The number of oxime groups is 1. The van der Waals surface area contributed by atoms with Gasteiger partial charge < -0.3 is 14.2 Å². The van der Waals surface area contributed by atoms with Crippen LogP contribution in [-0.2, 0) is 4.84 Å². The zero-order chi connectivity index (χ0) is 18.8. The number of hydrogen-bond acceptors (Lipinski definition) is 8. The van der Waals surface area contributed by atoms with E-state index < -0.39 is 0 Å². The number of hydrogen-bond donors (Lipinski definition) is 0. The molecule has 140 valence electrons. The minimum atomic E-state index is 0.571. The maximum atomic E-state index is 6.10. The maximum Gasteiger partial charge on any atom is 0.241 e. The summed E-state index contributed by atoms with van der Waals surface area (Å²) in [5, 5.41) is 5.18. The van der Waals surface area contributed by atoms with E-state index >= 15 is 0 Å². The van der Waals surface area contributed by atoms with Crippen LogP contribution in [0.25, 0.3) is 21.3 Å². The van der Waals surface area contributed by atoms with Crippen LogP contribution in [0.5, 0.6) is 0 Å². The third kappa shape index (κ3) is 3.44. The highest BCUT2D eigenvalue weighted by Crippen LogP contribution is 2.38. The fourth-order valence-corrected chi connectivity index (χ4v) is 3.84. The van der Waals surface area contributed by atoms with Gasteiger partial charge in [0, 0.05) is 38.0 Å². The molecule has 0 aromatic carbocycles. The second kappa shape index (κ2) is 7.48. The van der Waals surface area contributed by atoms with Crippen molar-refractivity contribution in [2.24, 2.45) is 5.16 Å². The van der Waals surface area contributed by atoms with Crippen LogP contribution in [0.4, 0.5) is 5.88 Å². The highest BCUT2D eigenvalue weighted by Gasteiger charge is 2.28. The van der Waals surface area contributed by atoms with Crippen LogP contribution < -0.4 is 4.90 Å². The Balaban J connectivity index is 1.71. The normalized spacial score (nSPS) is 15.2. The number of aryl methyl sites for hydroxylation is 1. The number of thiazole rings is 1. The van der Waals surface area contributed by atoms with Crippen molar-refractivity contribution in [3.8, 4) is 21.3 Å². The molecule has 0 atom stereocenters. The Hall–Kier alpha value is -2.74. The lowest BCUT2D eigenvalue weighted by Crippen LogP contribution is -2.28. The van der Waals surface area contributed by atoms with Gasteiger partial charge in [-0.1, -0.05) is 12.1 Å². The van der Waals surface area contributed by atoms with Crippen molar-refractivity contribution in [2.75, 3.05) is 25.1 Å². The first-order valence-electron chi connectivity index (χ1n) is 8.96. The number of oxazole rings is 1. The predicted molar refractivity (Wildman–Crippen MR) is 106 cm³/mol. The topological polar surface area (TPSA) is 76.6 Å². The molecule has 0 unspecified atom stereocenters. The first kappa shape index (κ1) is 17.7. The van der Waals surface area contributed by atoms with E-state index in [4.69, 9.17) is 14.2 Å². The highest BCUT2D eigenvalue weighted by molar-refractivity contribution is 7.18. The number of rotatable bonds is 5. The van der Waals surface area contributed by atoms with E-state index in [2.05, 4.69) is 26.9 Å². The molecule has 0 saturated carbocycles. The second-order valence-electron chi connectivity index (χ2n) is 6.39. The molecule has 4 rings (SSSR count). The van der Waals surface area contributed by atoms with Crippen molar-refractivity contribution in [3.63, 3.8) is 0 Å². The molecule has 0 radical (unpaired) electrons. The standard InChI is InChI=1S/C19H21N5O2S/c1-4-10-25-23-14-7-9-24(3)19-15(14)22-17(26-19)16-12(2)21-18(27-16)13-6-5-8-20-11-13/h5-6,8,11H,4,7,9-10H2,1-3H3/b23-14+. The van der Waals surface area contributed by atoms with Crippen LogP contribution >= 0.6 is 11.3 Å². The molecule has 1 aliphatic heterocycles. The monoisotopic (exact) mass is 383 g/mol. The zero-order valence-corrected chi connectivity index (χ0v) is 16.4. The van der Waals surface area contributed by atoms with Gasteiger partial charge in [0.2, 0.25) is 11.8 Å². The van der Waals surface area contributed by atoms with Crippen molar-refractivity contribution in [2.45, 2.75) is 26.7 Å². The first-order chi connectivity index (χ1) is 13.2. The molecule has 0 amide bonds. The van der Waals surface area contributed by atoms with Gasteiger partial charge in [-0.15, -0.1) is 11.3 Å². The Kier molecular flexibility index (Phi) is 4.89. The number of aromatic nitrogens is 3. The maximum absolute atomic E-state index is 6.10. The zero-order valence-electron chi connectivity index (χ0n) is 15.6. The van der Waals surface area contributed by atoms with E-state index in [9.17, 15) is 0 Å². The molecule has 27 heavy (non-hydrogen) atoms. The summed E-state index contributed by atoms with van der Waals surface area (Å²) in [6, 6.07) is 3.91. The summed E-state index contributed by atoms with van der Waals surface area (Å²) in [4.78, 5) is 21.9. The van der Waals surface area contributed by atoms with Crippen molar-refractivity contribution in [3.05, 3.63) is 35.9 Å². The Morgan fingerprint density at radius 3 is 3.04 bits per heavy atom. The molecule has 8 heteroatoms. The fourth-order valence-electron chi connectivity index (χ4n) is 2.86. The van der Waals surface area contributed by atoms with Crippen molar-refractivity contribution in [1.29, 1.82) is 0 Å². The molecule has 0 fully saturated rings. The lowest BCUT2D eigenvalue weighted by molar-refractivity contribution is 0.144. The van der Waals surface area contributed by atoms with Gasteiger partial charge in [0.05, 0.1) is 5.69 Å². The fraction of sp³-hybridized carbons (Fsp3) is 0.368. The molecule has 4 heterocycles. The van der Waals surface area contributed by atoms with Gasteiger partial charge in [-0.25, -0.2) is 9.97 Å². The molecule has 0 aliphatic carbocycles. The average Bonchev–Trinajstić information content (AvgIpc) is 3.29. The second-order valence-corrected chi connectivity index (χ2v) is 7.39. The van der Waals surface area contributed by atoms with Crippen LogP contribution in [0.3, 0.4) is 0 Å². The summed E-state index contributed by atoms with van der Waals surface area (Å²) in [6.45, 7) is 5.44. The van der Waals surface area contributed by atoms with Crippen molar-refractivity contribution >= 4 is 22.9 Å². The number of anilines is 1. The molecule has 1 aliphatic rings. The van der Waals surface area contributed by atoms with Gasteiger partial charge in [-0.2, -0.15) is 0 Å². The largest absolute Gasteiger partial charge is 0.419 e. The van der Waals surface area contributed by atoms with E-state index in [-0.39, 0.29) is 0 Å². The molecular formula is C19H21N5O2S. The average molecular weight is 383 g/mol. The van der Waals surface area contributed by atoms with Crippen LogP contribution in [0.1, 0.15) is 31.2 Å². The Labute approximate surface area is 161 Å². The molecule has 0 bridgehead atoms. The number of nitrogens with zero attached hydrogens (tertiary/aromatic N) is 5. The van der Waals surface area contributed by atoms with Crippen molar-refractivity contribution in [1.82, 2.24) is 15.0 Å². The summed E-state index contributed by atoms with van der Waals surface area (Å²) >= 11 is 1.56. The van der Waals surface area contributed by atoms with Gasteiger partial charge >= 0.3 is 0 Å². The molecular weight excluding hydrogens is 362 g/mol.